The lowest BCUT2D eigenvalue weighted by molar-refractivity contribution is 0.248. The zero-order valence-corrected chi connectivity index (χ0v) is 14.3. The van der Waals surface area contributed by atoms with Gasteiger partial charge in [0, 0.05) is 15.1 Å². The van der Waals surface area contributed by atoms with E-state index in [9.17, 15) is 13.6 Å². The molecule has 1 heterocycles. The van der Waals surface area contributed by atoms with Crippen molar-refractivity contribution in [3.63, 3.8) is 0 Å². The molecule has 23 heavy (non-hydrogen) atoms. The van der Waals surface area contributed by atoms with E-state index in [1.807, 2.05) is 0 Å². The highest BCUT2D eigenvalue weighted by atomic mass is 79.9. The zero-order valence-electron chi connectivity index (χ0n) is 11.9. The summed E-state index contributed by atoms with van der Waals surface area (Å²) in [6.07, 6.45) is 0.692. The molecule has 1 unspecified atom stereocenters. The van der Waals surface area contributed by atoms with Gasteiger partial charge in [-0.25, -0.2) is 13.6 Å². The average Bonchev–Trinajstić information content (AvgIpc) is 2.51. The van der Waals surface area contributed by atoms with Gasteiger partial charge >= 0.3 is 6.03 Å². The van der Waals surface area contributed by atoms with Gasteiger partial charge in [0.05, 0.1) is 11.7 Å². The number of carbonyl (C=O) groups is 1. The number of rotatable bonds is 2. The minimum Gasteiger partial charge on any atom is -0.331 e. The molecule has 2 amide bonds. The van der Waals surface area contributed by atoms with Crippen molar-refractivity contribution in [1.29, 1.82) is 0 Å². The first kappa shape index (κ1) is 16.3. The monoisotopic (exact) mass is 398 g/mol. The van der Waals surface area contributed by atoms with Crippen LogP contribution in [-0.2, 0) is 0 Å². The number of hydrogen-bond donors (Lipinski definition) is 2. The topological polar surface area (TPSA) is 41.1 Å². The fraction of sp³-hybridized carbons (Fsp3) is 0.188. The Bertz CT molecular complexity index is 757. The zero-order chi connectivity index (χ0) is 16.4. The lowest BCUT2D eigenvalue weighted by Gasteiger charge is -2.26. The first-order valence-electron chi connectivity index (χ1n) is 6.98. The molecule has 1 aliphatic rings. The van der Waals surface area contributed by atoms with Crippen molar-refractivity contribution in [1.82, 2.24) is 5.32 Å². The molecule has 1 atom stereocenters. The number of benzene rings is 2. The summed E-state index contributed by atoms with van der Waals surface area (Å²) in [5.74, 6) is -0.0338. The van der Waals surface area contributed by atoms with Gasteiger partial charge in [0.1, 0.15) is 11.6 Å². The number of urea groups is 1. The van der Waals surface area contributed by atoms with Crippen molar-refractivity contribution in [3.8, 4) is 0 Å². The summed E-state index contributed by atoms with van der Waals surface area (Å²) in [6, 6.07) is 8.15. The summed E-state index contributed by atoms with van der Waals surface area (Å²) in [4.78, 5) is 13.1. The maximum Gasteiger partial charge on any atom is 0.319 e. The van der Waals surface area contributed by atoms with Crippen LogP contribution in [0.5, 0.6) is 0 Å². The molecule has 0 bridgehead atoms. The average molecular weight is 399 g/mol. The summed E-state index contributed by atoms with van der Waals surface area (Å²) < 4.78 is 27.8. The Morgan fingerprint density at radius 2 is 2.04 bits per heavy atom. The molecular formula is C16H13BrF2N2OS. The van der Waals surface area contributed by atoms with Gasteiger partial charge in [0.25, 0.3) is 0 Å². The highest BCUT2D eigenvalue weighted by Gasteiger charge is 2.23. The molecular weight excluding hydrogens is 386 g/mol. The number of thioether (sulfide) groups is 1. The van der Waals surface area contributed by atoms with E-state index in [0.29, 0.717) is 10.9 Å². The summed E-state index contributed by atoms with van der Waals surface area (Å²) in [6.45, 7) is 0. The van der Waals surface area contributed by atoms with Crippen molar-refractivity contribution in [3.05, 3.63) is 58.1 Å². The number of halogens is 3. The third kappa shape index (κ3) is 3.84. The maximum atomic E-state index is 13.8. The van der Waals surface area contributed by atoms with E-state index in [-0.39, 0.29) is 17.5 Å². The van der Waals surface area contributed by atoms with E-state index in [1.54, 1.807) is 23.9 Å². The lowest BCUT2D eigenvalue weighted by atomic mass is 10.0. The summed E-state index contributed by atoms with van der Waals surface area (Å²) in [5, 5.41) is 5.27. The van der Waals surface area contributed by atoms with Gasteiger partial charge in [-0.05, 0) is 48.4 Å². The van der Waals surface area contributed by atoms with Crippen LogP contribution in [0.1, 0.15) is 18.0 Å². The van der Waals surface area contributed by atoms with Crippen LogP contribution < -0.4 is 10.6 Å². The van der Waals surface area contributed by atoms with Crippen LogP contribution in [0.25, 0.3) is 0 Å². The predicted molar refractivity (Wildman–Crippen MR) is 90.7 cm³/mol. The van der Waals surface area contributed by atoms with Crippen molar-refractivity contribution in [2.75, 3.05) is 11.1 Å². The molecule has 2 aromatic rings. The molecule has 2 aromatic carbocycles. The van der Waals surface area contributed by atoms with Gasteiger partial charge in [0.15, 0.2) is 0 Å². The Hall–Kier alpha value is -1.60. The van der Waals surface area contributed by atoms with Crippen LogP contribution >= 0.6 is 27.7 Å². The first-order chi connectivity index (χ1) is 11.0. The van der Waals surface area contributed by atoms with E-state index in [0.717, 1.165) is 16.2 Å². The van der Waals surface area contributed by atoms with Crippen LogP contribution in [0.15, 0.2) is 45.8 Å². The Kier molecular flexibility index (Phi) is 4.87. The van der Waals surface area contributed by atoms with Crippen molar-refractivity contribution < 1.29 is 13.6 Å². The molecule has 3 nitrogen and oxygen atoms in total. The van der Waals surface area contributed by atoms with Crippen LogP contribution in [0.2, 0.25) is 0 Å². The van der Waals surface area contributed by atoms with Gasteiger partial charge in [-0.1, -0.05) is 15.9 Å². The fourth-order valence-corrected chi connectivity index (χ4v) is 3.86. The van der Waals surface area contributed by atoms with Gasteiger partial charge in [-0.15, -0.1) is 11.8 Å². The highest BCUT2D eigenvalue weighted by molar-refractivity contribution is 9.10. The van der Waals surface area contributed by atoms with Crippen LogP contribution in [0, 0.1) is 11.6 Å². The van der Waals surface area contributed by atoms with Crippen molar-refractivity contribution >= 4 is 39.4 Å². The Morgan fingerprint density at radius 1 is 1.22 bits per heavy atom. The number of anilines is 1. The van der Waals surface area contributed by atoms with E-state index >= 15 is 0 Å². The smallest absolute Gasteiger partial charge is 0.319 e. The molecule has 3 rings (SSSR count). The second kappa shape index (κ2) is 6.88. The minimum atomic E-state index is -0.528. The Morgan fingerprint density at radius 3 is 2.83 bits per heavy atom. The van der Waals surface area contributed by atoms with Gasteiger partial charge in [0.2, 0.25) is 0 Å². The molecule has 0 spiro atoms. The maximum absolute atomic E-state index is 13.8. The third-order valence-electron chi connectivity index (χ3n) is 3.50. The van der Waals surface area contributed by atoms with Gasteiger partial charge in [-0.3, -0.25) is 0 Å². The highest BCUT2D eigenvalue weighted by Crippen LogP contribution is 2.36. The van der Waals surface area contributed by atoms with E-state index in [1.165, 1.54) is 24.3 Å². The molecule has 0 aromatic heterocycles. The van der Waals surface area contributed by atoms with E-state index in [4.69, 9.17) is 0 Å². The summed E-state index contributed by atoms with van der Waals surface area (Å²) in [5.41, 5.74) is 0.850. The molecule has 0 radical (unpaired) electrons. The van der Waals surface area contributed by atoms with E-state index in [2.05, 4.69) is 26.6 Å². The number of amides is 2. The SMILES string of the molecule is O=C(Nc1ccc(Br)cc1F)NC1CCSc2ccc(F)cc21. The normalized spacial score (nSPS) is 16.6. The fourth-order valence-electron chi connectivity index (χ4n) is 2.42. The molecule has 0 saturated heterocycles. The minimum absolute atomic E-state index is 0.0929. The largest absolute Gasteiger partial charge is 0.331 e. The quantitative estimate of drug-likeness (QED) is 0.739. The first-order valence-corrected chi connectivity index (χ1v) is 8.75. The molecule has 2 N–H and O–H groups in total. The number of fused-ring (bicyclic) bond motifs is 1. The summed E-state index contributed by atoms with van der Waals surface area (Å²) >= 11 is 4.79. The van der Waals surface area contributed by atoms with Crippen molar-refractivity contribution in [2.24, 2.45) is 0 Å². The Balaban J connectivity index is 1.73. The van der Waals surface area contributed by atoms with Crippen molar-refractivity contribution in [2.45, 2.75) is 17.4 Å². The molecule has 0 saturated carbocycles. The predicted octanol–water partition coefficient (Wildman–Crippen LogP) is 5.09. The molecule has 0 fully saturated rings. The standard InChI is InChI=1S/C16H13BrF2N2OS/c17-9-1-3-14(12(19)7-9)21-16(22)20-13-5-6-23-15-4-2-10(18)8-11(13)15/h1-4,7-8,13H,5-6H2,(H2,20,21,22). The second-order valence-corrected chi connectivity index (χ2v) is 7.15. The van der Waals surface area contributed by atoms with Crippen LogP contribution in [0.4, 0.5) is 19.3 Å². The van der Waals surface area contributed by atoms with Crippen LogP contribution in [-0.4, -0.2) is 11.8 Å². The van der Waals surface area contributed by atoms with Crippen LogP contribution in [0.3, 0.4) is 0 Å². The number of carbonyl (C=O) groups excluding carboxylic acids is 1. The van der Waals surface area contributed by atoms with Gasteiger partial charge < -0.3 is 10.6 Å². The Labute approximate surface area is 145 Å². The molecule has 120 valence electrons. The number of hydrogen-bond acceptors (Lipinski definition) is 2. The molecule has 0 aliphatic carbocycles. The summed E-state index contributed by atoms with van der Waals surface area (Å²) in [7, 11) is 0. The molecule has 1 aliphatic heterocycles. The van der Waals surface area contributed by atoms with E-state index < -0.39 is 11.8 Å². The third-order valence-corrected chi connectivity index (χ3v) is 5.11. The second-order valence-electron chi connectivity index (χ2n) is 5.09. The van der Waals surface area contributed by atoms with Gasteiger partial charge in [-0.2, -0.15) is 0 Å². The lowest BCUT2D eigenvalue weighted by Crippen LogP contribution is -2.34. The number of nitrogens with one attached hydrogen (secondary N) is 2. The molecule has 7 heteroatoms.